The highest BCUT2D eigenvalue weighted by atomic mass is 19.1. The maximum Gasteiger partial charge on any atom is 0.165 e. The first-order chi connectivity index (χ1) is 6.29. The molecular weight excluding hydrogens is 169 g/mol. The van der Waals surface area contributed by atoms with Gasteiger partial charge in [0.05, 0.1) is 7.11 Å². The van der Waals surface area contributed by atoms with Crippen molar-refractivity contribution in [2.24, 2.45) is 5.73 Å². The van der Waals surface area contributed by atoms with Gasteiger partial charge in [-0.25, -0.2) is 4.39 Å². The van der Waals surface area contributed by atoms with Crippen molar-refractivity contribution >= 4 is 6.08 Å². The molecule has 1 rings (SSSR count). The number of nitrogens with two attached hydrogens (primary N) is 1. The molecule has 0 aromatic heterocycles. The first-order valence-corrected chi connectivity index (χ1v) is 3.98. The summed E-state index contributed by atoms with van der Waals surface area (Å²) in [5.74, 6) is -0.103. The van der Waals surface area contributed by atoms with E-state index in [1.807, 2.05) is 0 Å². The molecule has 1 aromatic rings. The number of benzene rings is 1. The lowest BCUT2D eigenvalue weighted by Gasteiger charge is -2.04. The van der Waals surface area contributed by atoms with Crippen molar-refractivity contribution in [1.82, 2.24) is 0 Å². The van der Waals surface area contributed by atoms with E-state index in [2.05, 4.69) is 0 Å². The minimum absolute atomic E-state index is 0.257. The van der Waals surface area contributed by atoms with Gasteiger partial charge in [-0.2, -0.15) is 0 Å². The van der Waals surface area contributed by atoms with E-state index < -0.39 is 0 Å². The average molecular weight is 181 g/mol. The lowest BCUT2D eigenvalue weighted by Crippen LogP contribution is -1.94. The van der Waals surface area contributed by atoms with Crippen LogP contribution in [0.25, 0.3) is 6.08 Å². The number of para-hydroxylation sites is 1. The van der Waals surface area contributed by atoms with E-state index >= 15 is 0 Å². The van der Waals surface area contributed by atoms with E-state index in [4.69, 9.17) is 10.5 Å². The molecule has 0 aliphatic heterocycles. The molecule has 0 saturated carbocycles. The van der Waals surface area contributed by atoms with Crippen molar-refractivity contribution in [2.45, 2.75) is 0 Å². The molecule has 0 amide bonds. The van der Waals surface area contributed by atoms with Gasteiger partial charge in [-0.1, -0.05) is 24.3 Å². The maximum atomic E-state index is 13.1. The van der Waals surface area contributed by atoms with Crippen molar-refractivity contribution < 1.29 is 9.13 Å². The Morgan fingerprint density at radius 1 is 1.54 bits per heavy atom. The van der Waals surface area contributed by atoms with Gasteiger partial charge in [-0.05, 0) is 6.07 Å². The summed E-state index contributed by atoms with van der Waals surface area (Å²) >= 11 is 0. The normalized spacial score (nSPS) is 10.7. The quantitative estimate of drug-likeness (QED) is 0.771. The third-order valence-corrected chi connectivity index (χ3v) is 1.64. The van der Waals surface area contributed by atoms with Gasteiger partial charge in [-0.15, -0.1) is 0 Å². The van der Waals surface area contributed by atoms with Crippen LogP contribution in [-0.4, -0.2) is 13.7 Å². The molecule has 0 unspecified atom stereocenters. The highest BCUT2D eigenvalue weighted by Crippen LogP contribution is 2.22. The smallest absolute Gasteiger partial charge is 0.165 e. The van der Waals surface area contributed by atoms with Crippen LogP contribution < -0.4 is 10.5 Å². The maximum absolute atomic E-state index is 13.1. The molecular formula is C10H12FNO. The summed E-state index contributed by atoms with van der Waals surface area (Å²) in [6, 6.07) is 4.76. The molecule has 0 spiro atoms. The lowest BCUT2D eigenvalue weighted by atomic mass is 10.2. The monoisotopic (exact) mass is 181 g/mol. The van der Waals surface area contributed by atoms with Crippen LogP contribution >= 0.6 is 0 Å². The molecule has 2 nitrogen and oxygen atoms in total. The molecule has 2 N–H and O–H groups in total. The molecule has 3 heteroatoms. The zero-order valence-corrected chi connectivity index (χ0v) is 7.46. The Balaban J connectivity index is 3.05. The topological polar surface area (TPSA) is 35.2 Å². The summed E-state index contributed by atoms with van der Waals surface area (Å²) in [5.41, 5.74) is 5.99. The second-order valence-electron chi connectivity index (χ2n) is 2.50. The summed E-state index contributed by atoms with van der Waals surface area (Å²) in [7, 11) is 1.44. The molecule has 0 fully saturated rings. The van der Waals surface area contributed by atoms with Crippen molar-refractivity contribution in [1.29, 1.82) is 0 Å². The zero-order chi connectivity index (χ0) is 9.68. The van der Waals surface area contributed by atoms with Gasteiger partial charge in [0.1, 0.15) is 0 Å². The Kier molecular flexibility index (Phi) is 3.46. The molecule has 13 heavy (non-hydrogen) atoms. The van der Waals surface area contributed by atoms with Crippen LogP contribution in [0.15, 0.2) is 24.3 Å². The van der Waals surface area contributed by atoms with E-state index in [9.17, 15) is 4.39 Å². The van der Waals surface area contributed by atoms with Crippen LogP contribution in [0.3, 0.4) is 0 Å². The molecule has 0 radical (unpaired) electrons. The predicted octanol–water partition coefficient (Wildman–Crippen LogP) is 1.81. The van der Waals surface area contributed by atoms with Gasteiger partial charge < -0.3 is 10.5 Å². The second kappa shape index (κ2) is 4.62. The number of ether oxygens (including phenoxy) is 1. The number of halogens is 1. The Bertz CT molecular complexity index is 310. The van der Waals surface area contributed by atoms with Crippen LogP contribution in [0.4, 0.5) is 4.39 Å². The minimum atomic E-state index is -0.360. The summed E-state index contributed by atoms with van der Waals surface area (Å²) in [5, 5.41) is 0. The second-order valence-corrected chi connectivity index (χ2v) is 2.50. The van der Waals surface area contributed by atoms with Crippen molar-refractivity contribution in [3.8, 4) is 5.75 Å². The van der Waals surface area contributed by atoms with Crippen LogP contribution in [0.2, 0.25) is 0 Å². The Labute approximate surface area is 76.8 Å². The fraction of sp³-hybridized carbons (Fsp3) is 0.200. The Hall–Kier alpha value is -1.35. The van der Waals surface area contributed by atoms with Gasteiger partial charge in [0, 0.05) is 12.1 Å². The first kappa shape index (κ1) is 9.74. The Morgan fingerprint density at radius 3 is 2.92 bits per heavy atom. The van der Waals surface area contributed by atoms with Crippen LogP contribution in [-0.2, 0) is 0 Å². The van der Waals surface area contributed by atoms with Gasteiger partial charge in [0.15, 0.2) is 11.6 Å². The molecule has 0 saturated heterocycles. The predicted molar refractivity (Wildman–Crippen MR) is 51.0 cm³/mol. The molecule has 0 atom stereocenters. The van der Waals surface area contributed by atoms with Crippen LogP contribution in [0, 0.1) is 5.82 Å². The summed E-state index contributed by atoms with van der Waals surface area (Å²) in [4.78, 5) is 0. The van der Waals surface area contributed by atoms with E-state index in [0.717, 1.165) is 0 Å². The third-order valence-electron chi connectivity index (χ3n) is 1.64. The van der Waals surface area contributed by atoms with E-state index in [1.54, 1.807) is 24.3 Å². The standard InChI is InChI=1S/C10H12FNO/c1-13-10-8(5-3-7-12)4-2-6-9(10)11/h2-6H,7,12H2,1H3. The summed E-state index contributed by atoms with van der Waals surface area (Å²) in [6.07, 6.45) is 3.49. The number of hydrogen-bond acceptors (Lipinski definition) is 2. The lowest BCUT2D eigenvalue weighted by molar-refractivity contribution is 0.385. The van der Waals surface area contributed by atoms with Crippen molar-refractivity contribution in [3.63, 3.8) is 0 Å². The van der Waals surface area contributed by atoms with Crippen LogP contribution in [0.5, 0.6) is 5.75 Å². The minimum Gasteiger partial charge on any atom is -0.493 e. The van der Waals surface area contributed by atoms with E-state index in [1.165, 1.54) is 13.2 Å². The van der Waals surface area contributed by atoms with Crippen LogP contribution in [0.1, 0.15) is 5.56 Å². The van der Waals surface area contributed by atoms with Gasteiger partial charge in [0.25, 0.3) is 0 Å². The number of hydrogen-bond donors (Lipinski definition) is 1. The fourth-order valence-corrected chi connectivity index (χ4v) is 1.07. The molecule has 0 bridgehead atoms. The SMILES string of the molecule is COc1c(F)cccc1C=CCN. The third kappa shape index (κ3) is 2.29. The fourth-order valence-electron chi connectivity index (χ4n) is 1.07. The Morgan fingerprint density at radius 2 is 2.31 bits per heavy atom. The number of rotatable bonds is 3. The first-order valence-electron chi connectivity index (χ1n) is 3.98. The average Bonchev–Trinajstić information content (AvgIpc) is 2.15. The van der Waals surface area contributed by atoms with Gasteiger partial charge in [0.2, 0.25) is 0 Å². The highest BCUT2D eigenvalue weighted by molar-refractivity contribution is 5.57. The molecule has 0 heterocycles. The largest absolute Gasteiger partial charge is 0.493 e. The van der Waals surface area contributed by atoms with Crippen molar-refractivity contribution in [3.05, 3.63) is 35.7 Å². The molecule has 1 aromatic carbocycles. The van der Waals surface area contributed by atoms with E-state index in [0.29, 0.717) is 12.1 Å². The highest BCUT2D eigenvalue weighted by Gasteiger charge is 2.04. The molecule has 70 valence electrons. The zero-order valence-electron chi connectivity index (χ0n) is 7.46. The summed E-state index contributed by atoms with van der Waals surface area (Å²) < 4.78 is 18.0. The van der Waals surface area contributed by atoms with Gasteiger partial charge in [-0.3, -0.25) is 0 Å². The molecule has 0 aliphatic rings. The molecule has 0 aliphatic carbocycles. The number of methoxy groups -OCH3 is 1. The van der Waals surface area contributed by atoms with Crippen molar-refractivity contribution in [2.75, 3.05) is 13.7 Å². The van der Waals surface area contributed by atoms with Gasteiger partial charge >= 0.3 is 0 Å². The van der Waals surface area contributed by atoms with E-state index in [-0.39, 0.29) is 11.6 Å². The summed E-state index contributed by atoms with van der Waals surface area (Å²) in [6.45, 7) is 0.430.